The number of fused-ring (bicyclic) bond motifs is 1. The van der Waals surface area contributed by atoms with Gasteiger partial charge in [0.05, 0.1) is 6.04 Å². The van der Waals surface area contributed by atoms with Gasteiger partial charge in [-0.2, -0.15) is 0 Å². The van der Waals surface area contributed by atoms with E-state index in [9.17, 15) is 4.79 Å². The number of urea groups is 1. The van der Waals surface area contributed by atoms with Gasteiger partial charge in [0, 0.05) is 25.8 Å². The van der Waals surface area contributed by atoms with E-state index in [-0.39, 0.29) is 24.9 Å². The number of hydrogen-bond donors (Lipinski definition) is 2. The standard InChI is InChI=1S/C17H25N3O4/c1-20(2)14(12-3-4-15-16(9-12)24-11-23-15)10-18-17(21)19-13-5-7-22-8-6-13/h3-4,9,13-14H,5-8,10-11H2,1-2H3,(H2,18,19,21). The molecule has 2 amide bonds. The van der Waals surface area contributed by atoms with Gasteiger partial charge in [-0.1, -0.05) is 6.07 Å². The van der Waals surface area contributed by atoms with Crippen molar-refractivity contribution in [2.24, 2.45) is 0 Å². The molecule has 132 valence electrons. The Labute approximate surface area is 142 Å². The lowest BCUT2D eigenvalue weighted by Crippen LogP contribution is -2.46. The molecule has 7 heteroatoms. The minimum Gasteiger partial charge on any atom is -0.454 e. The van der Waals surface area contributed by atoms with Gasteiger partial charge in [0.25, 0.3) is 0 Å². The molecule has 1 unspecified atom stereocenters. The molecule has 0 spiro atoms. The van der Waals surface area contributed by atoms with Gasteiger partial charge < -0.3 is 29.7 Å². The number of carbonyl (C=O) groups is 1. The fraction of sp³-hybridized carbons (Fsp3) is 0.588. The van der Waals surface area contributed by atoms with Crippen molar-refractivity contribution in [1.29, 1.82) is 0 Å². The molecule has 7 nitrogen and oxygen atoms in total. The van der Waals surface area contributed by atoms with Gasteiger partial charge in [-0.15, -0.1) is 0 Å². The van der Waals surface area contributed by atoms with Crippen LogP contribution in [0.1, 0.15) is 24.4 Å². The molecule has 2 aliphatic heterocycles. The maximum atomic E-state index is 12.1. The molecule has 0 aliphatic carbocycles. The Bertz CT molecular complexity index is 573. The van der Waals surface area contributed by atoms with Gasteiger partial charge >= 0.3 is 6.03 Å². The van der Waals surface area contributed by atoms with Crippen LogP contribution in [0.15, 0.2) is 18.2 Å². The van der Waals surface area contributed by atoms with Crippen LogP contribution in [0.4, 0.5) is 4.79 Å². The molecule has 1 aromatic carbocycles. The third kappa shape index (κ3) is 4.10. The minimum absolute atomic E-state index is 0.0555. The highest BCUT2D eigenvalue weighted by Gasteiger charge is 2.21. The molecule has 1 saturated heterocycles. The Kier molecular flexibility index (Phi) is 5.42. The molecule has 2 N–H and O–H groups in total. The second kappa shape index (κ2) is 7.72. The van der Waals surface area contributed by atoms with E-state index in [4.69, 9.17) is 14.2 Å². The van der Waals surface area contributed by atoms with Crippen LogP contribution >= 0.6 is 0 Å². The van der Waals surface area contributed by atoms with Crippen molar-refractivity contribution >= 4 is 6.03 Å². The SMILES string of the molecule is CN(C)C(CNC(=O)NC1CCOCC1)c1ccc2c(c1)OCO2. The molecule has 0 aromatic heterocycles. The van der Waals surface area contributed by atoms with Crippen molar-refractivity contribution in [3.63, 3.8) is 0 Å². The van der Waals surface area contributed by atoms with Crippen LogP contribution in [0, 0.1) is 0 Å². The molecule has 1 aromatic rings. The quantitative estimate of drug-likeness (QED) is 0.853. The number of likely N-dealkylation sites (N-methyl/N-ethyl adjacent to an activating group) is 1. The average molecular weight is 335 g/mol. The van der Waals surface area contributed by atoms with Crippen molar-refractivity contribution in [2.75, 3.05) is 40.6 Å². The molecule has 24 heavy (non-hydrogen) atoms. The Morgan fingerprint density at radius 2 is 2.00 bits per heavy atom. The minimum atomic E-state index is -0.130. The zero-order chi connectivity index (χ0) is 16.9. The predicted molar refractivity (Wildman–Crippen MR) is 89.4 cm³/mol. The molecular weight excluding hydrogens is 310 g/mol. The monoisotopic (exact) mass is 335 g/mol. The number of nitrogens with one attached hydrogen (secondary N) is 2. The molecule has 1 atom stereocenters. The number of nitrogens with zero attached hydrogens (tertiary/aromatic N) is 1. The molecular formula is C17H25N3O4. The first kappa shape index (κ1) is 16.9. The number of amides is 2. The normalized spacial score (nSPS) is 18.5. The van der Waals surface area contributed by atoms with Crippen LogP contribution in [0.5, 0.6) is 11.5 Å². The summed E-state index contributed by atoms with van der Waals surface area (Å²) in [6, 6.07) is 6.02. The zero-order valence-electron chi connectivity index (χ0n) is 14.2. The van der Waals surface area contributed by atoms with Crippen molar-refractivity contribution in [3.05, 3.63) is 23.8 Å². The summed E-state index contributed by atoms with van der Waals surface area (Å²) in [5.74, 6) is 1.52. The Balaban J connectivity index is 1.57. The molecule has 0 bridgehead atoms. The highest BCUT2D eigenvalue weighted by molar-refractivity contribution is 5.74. The van der Waals surface area contributed by atoms with Gasteiger partial charge in [-0.05, 0) is 44.6 Å². The largest absolute Gasteiger partial charge is 0.454 e. The summed E-state index contributed by atoms with van der Waals surface area (Å²) in [5, 5.41) is 5.99. The molecule has 3 rings (SSSR count). The first-order chi connectivity index (χ1) is 11.6. The van der Waals surface area contributed by atoms with Crippen LogP contribution in [0.2, 0.25) is 0 Å². The predicted octanol–water partition coefficient (Wildman–Crippen LogP) is 1.50. The number of hydrogen-bond acceptors (Lipinski definition) is 5. The van der Waals surface area contributed by atoms with E-state index in [1.165, 1.54) is 0 Å². The van der Waals surface area contributed by atoms with E-state index >= 15 is 0 Å². The second-order valence-electron chi connectivity index (χ2n) is 6.33. The highest BCUT2D eigenvalue weighted by Crippen LogP contribution is 2.34. The molecule has 0 saturated carbocycles. The second-order valence-corrected chi connectivity index (χ2v) is 6.33. The van der Waals surface area contributed by atoms with Crippen LogP contribution < -0.4 is 20.1 Å². The van der Waals surface area contributed by atoms with Crippen molar-refractivity contribution in [3.8, 4) is 11.5 Å². The van der Waals surface area contributed by atoms with Gasteiger partial charge in [0.15, 0.2) is 11.5 Å². The van der Waals surface area contributed by atoms with Crippen LogP contribution in [0.25, 0.3) is 0 Å². The Morgan fingerprint density at radius 3 is 2.75 bits per heavy atom. The summed E-state index contributed by atoms with van der Waals surface area (Å²) in [4.78, 5) is 14.2. The maximum absolute atomic E-state index is 12.1. The van der Waals surface area contributed by atoms with E-state index in [1.54, 1.807) is 0 Å². The van der Waals surface area contributed by atoms with E-state index in [0.29, 0.717) is 19.8 Å². The lowest BCUT2D eigenvalue weighted by atomic mass is 10.1. The Morgan fingerprint density at radius 1 is 1.25 bits per heavy atom. The van der Waals surface area contributed by atoms with E-state index < -0.39 is 0 Å². The summed E-state index contributed by atoms with van der Waals surface area (Å²) >= 11 is 0. The van der Waals surface area contributed by atoms with Gasteiger partial charge in [-0.25, -0.2) is 4.79 Å². The lowest BCUT2D eigenvalue weighted by Gasteiger charge is -2.27. The first-order valence-corrected chi connectivity index (χ1v) is 8.31. The Hall–Kier alpha value is -1.99. The fourth-order valence-corrected chi connectivity index (χ4v) is 2.99. The number of benzene rings is 1. The fourth-order valence-electron chi connectivity index (χ4n) is 2.99. The van der Waals surface area contributed by atoms with Crippen LogP contribution in [-0.2, 0) is 4.74 Å². The topological polar surface area (TPSA) is 72.1 Å². The first-order valence-electron chi connectivity index (χ1n) is 8.31. The summed E-state index contributed by atoms with van der Waals surface area (Å²) in [6.07, 6.45) is 1.74. The van der Waals surface area contributed by atoms with E-state index in [2.05, 4.69) is 15.5 Å². The molecule has 2 heterocycles. The lowest BCUT2D eigenvalue weighted by molar-refractivity contribution is 0.0800. The third-order valence-corrected chi connectivity index (χ3v) is 4.42. The summed E-state index contributed by atoms with van der Waals surface area (Å²) in [5.41, 5.74) is 1.08. The summed E-state index contributed by atoms with van der Waals surface area (Å²) in [6.45, 7) is 2.20. The van der Waals surface area contributed by atoms with E-state index in [1.807, 2.05) is 32.3 Å². The zero-order valence-corrected chi connectivity index (χ0v) is 14.2. The van der Waals surface area contributed by atoms with Gasteiger partial charge in [-0.3, -0.25) is 0 Å². The van der Waals surface area contributed by atoms with Crippen molar-refractivity contribution < 1.29 is 19.0 Å². The number of carbonyl (C=O) groups excluding carboxylic acids is 1. The van der Waals surface area contributed by atoms with Gasteiger partial charge in [0.1, 0.15) is 0 Å². The third-order valence-electron chi connectivity index (χ3n) is 4.42. The summed E-state index contributed by atoms with van der Waals surface area (Å²) in [7, 11) is 3.99. The average Bonchev–Trinajstić information content (AvgIpc) is 3.03. The van der Waals surface area contributed by atoms with Gasteiger partial charge in [0.2, 0.25) is 6.79 Å². The smallest absolute Gasteiger partial charge is 0.315 e. The number of rotatable bonds is 5. The maximum Gasteiger partial charge on any atom is 0.315 e. The van der Waals surface area contributed by atoms with Crippen molar-refractivity contribution in [2.45, 2.75) is 24.9 Å². The van der Waals surface area contributed by atoms with Crippen LogP contribution in [0.3, 0.4) is 0 Å². The van der Waals surface area contributed by atoms with Crippen molar-refractivity contribution in [1.82, 2.24) is 15.5 Å². The highest BCUT2D eigenvalue weighted by atomic mass is 16.7. The van der Waals surface area contributed by atoms with Crippen LogP contribution in [-0.4, -0.2) is 57.6 Å². The summed E-state index contributed by atoms with van der Waals surface area (Å²) < 4.78 is 16.1. The van der Waals surface area contributed by atoms with E-state index in [0.717, 1.165) is 29.9 Å². The molecule has 1 fully saturated rings. The molecule has 0 radical (unpaired) electrons. The number of ether oxygens (including phenoxy) is 3. The molecule has 2 aliphatic rings.